The number of imidazole rings is 1. The minimum absolute atomic E-state index is 0. The Morgan fingerprint density at radius 3 is 1.02 bits per heavy atom. The maximum atomic E-state index is 10.7. The van der Waals surface area contributed by atoms with Crippen molar-refractivity contribution in [1.82, 2.24) is 4.57 Å². The molecule has 0 aliphatic carbocycles. The van der Waals surface area contributed by atoms with Crippen molar-refractivity contribution >= 4 is 43.1 Å². The summed E-state index contributed by atoms with van der Waals surface area (Å²) in [7, 11) is -14.4. The monoisotopic (exact) mass is 876 g/mol. The standard InChI is InChI=1S/C6H11N2.CHF3O3S.3CF3O3S.CH4.Sm/c1-3-8-5-4-7(2)6-8;2-1(3,4)8(5,6)7;3*2-1(3,4)7-8(5)6;;/h4-6H,3H2,1-2H3;(H,5,6,7);;;;1H4;/q+1;;3*-1;;+3. The zero-order valence-corrected chi connectivity index (χ0v) is 24.7. The number of nitrogens with zero attached hydrogens (tertiary/aromatic N) is 2. The summed E-state index contributed by atoms with van der Waals surface area (Å²) in [5, 5.41) is 0. The molecule has 1 heterocycles. The van der Waals surface area contributed by atoms with E-state index < -0.39 is 67.7 Å². The van der Waals surface area contributed by atoms with Crippen molar-refractivity contribution in [2.45, 2.75) is 45.5 Å². The first kappa shape index (κ1) is 53.9. The molecule has 0 spiro atoms. The summed E-state index contributed by atoms with van der Waals surface area (Å²) in [4.78, 5) is 0. The number of hydrogen-bond acceptors (Lipinski definition) is 14. The van der Waals surface area contributed by atoms with E-state index in [1.807, 2.05) is 17.8 Å². The molecular formula is C11H16F12N2O12S4Sm+. The zero-order chi connectivity index (χ0) is 33.3. The van der Waals surface area contributed by atoms with Crippen molar-refractivity contribution in [2.75, 3.05) is 0 Å². The van der Waals surface area contributed by atoms with E-state index in [2.05, 4.69) is 36.6 Å². The van der Waals surface area contributed by atoms with E-state index in [9.17, 15) is 52.7 Å². The molecule has 0 bridgehead atoms. The second-order valence-corrected chi connectivity index (χ2v) is 8.17. The van der Waals surface area contributed by atoms with Crippen molar-refractivity contribution in [2.24, 2.45) is 7.05 Å². The van der Waals surface area contributed by atoms with E-state index in [1.54, 1.807) is 0 Å². The van der Waals surface area contributed by atoms with Crippen molar-refractivity contribution in [3.05, 3.63) is 18.7 Å². The largest absolute Gasteiger partial charge is 3.00 e. The van der Waals surface area contributed by atoms with Crippen LogP contribution >= 0.6 is 0 Å². The van der Waals surface area contributed by atoms with Crippen LogP contribution in [0.4, 0.5) is 52.7 Å². The Morgan fingerprint density at radius 1 is 0.738 bits per heavy atom. The summed E-state index contributed by atoms with van der Waals surface area (Å²) < 4.78 is 219. The first-order valence-electron chi connectivity index (χ1n) is 7.94. The Kier molecular flexibility index (Phi) is 30.4. The predicted molar refractivity (Wildman–Crippen MR) is 103 cm³/mol. The number of halogens is 12. The minimum atomic E-state index is -5.84. The third-order valence-corrected chi connectivity index (χ3v) is 3.53. The minimum Gasteiger partial charge on any atom is -0.397 e. The maximum absolute atomic E-state index is 10.7. The number of alkyl halides is 12. The second kappa shape index (κ2) is 23.7. The van der Waals surface area contributed by atoms with Gasteiger partial charge in [-0.1, -0.05) is 7.43 Å². The molecule has 0 fully saturated rings. The molecule has 1 N–H and O–H groups in total. The van der Waals surface area contributed by atoms with E-state index in [0.717, 1.165) is 6.54 Å². The fraction of sp³-hybridized carbons (Fsp3) is 0.727. The van der Waals surface area contributed by atoms with E-state index in [-0.39, 0.29) is 47.8 Å². The average Bonchev–Trinajstić information content (AvgIpc) is 3.01. The summed E-state index contributed by atoms with van der Waals surface area (Å²) in [5.74, 6) is 0. The van der Waals surface area contributed by atoms with Crippen LogP contribution in [0.3, 0.4) is 0 Å². The third-order valence-electron chi connectivity index (χ3n) is 1.97. The summed E-state index contributed by atoms with van der Waals surface area (Å²) in [6, 6.07) is 0. The van der Waals surface area contributed by atoms with Crippen molar-refractivity contribution in [1.29, 1.82) is 0 Å². The van der Waals surface area contributed by atoms with Gasteiger partial charge in [-0.05, 0) is 6.92 Å². The molecule has 1 aromatic heterocycles. The topological polar surface area (TPSA) is 193 Å². The summed E-state index contributed by atoms with van der Waals surface area (Å²) in [6.45, 7) is 3.18. The average molecular weight is 875 g/mol. The van der Waals surface area contributed by atoms with Gasteiger partial charge in [-0.25, -0.2) is 9.13 Å². The molecule has 0 atom stereocenters. The van der Waals surface area contributed by atoms with Gasteiger partial charge in [0.2, 0.25) is 6.33 Å². The van der Waals surface area contributed by atoms with Crippen LogP contribution in [-0.4, -0.2) is 42.1 Å². The summed E-state index contributed by atoms with van der Waals surface area (Å²) in [6.07, 6.45) is -9.13. The fourth-order valence-corrected chi connectivity index (χ4v) is 1.38. The van der Waals surface area contributed by atoms with Crippen molar-refractivity contribution in [3.8, 4) is 0 Å². The maximum Gasteiger partial charge on any atom is 3.00 e. The smallest absolute Gasteiger partial charge is 0.397 e. The van der Waals surface area contributed by atoms with Gasteiger partial charge in [0.15, 0.2) is 0 Å². The predicted octanol–water partition coefficient (Wildman–Crippen LogP) is 3.60. The first-order chi connectivity index (χ1) is 17.3. The van der Waals surface area contributed by atoms with Crippen LogP contribution in [0.1, 0.15) is 14.4 Å². The molecule has 0 unspecified atom stereocenters. The molecule has 1 aromatic rings. The molecule has 255 valence electrons. The van der Waals surface area contributed by atoms with Crippen LogP contribution in [0.25, 0.3) is 0 Å². The molecule has 0 aromatic carbocycles. The number of rotatable bonds is 4. The Hall–Kier alpha value is -0.652. The third kappa shape index (κ3) is 49.0. The molecule has 14 nitrogen and oxygen atoms in total. The van der Waals surface area contributed by atoms with Crippen LogP contribution in [0.2, 0.25) is 0 Å². The van der Waals surface area contributed by atoms with Gasteiger partial charge in [0.05, 0.1) is 46.5 Å². The Balaban J connectivity index is -0.0000000953. The van der Waals surface area contributed by atoms with E-state index in [1.165, 1.54) is 0 Å². The molecule has 42 heavy (non-hydrogen) atoms. The van der Waals surface area contributed by atoms with Gasteiger partial charge in [-0.2, -0.15) is 21.6 Å². The Morgan fingerprint density at radius 2 is 0.976 bits per heavy atom. The fourth-order valence-electron chi connectivity index (χ4n) is 0.920. The van der Waals surface area contributed by atoms with Gasteiger partial charge >= 0.3 is 75.1 Å². The molecule has 0 amide bonds. The van der Waals surface area contributed by atoms with E-state index in [4.69, 9.17) is 38.2 Å². The molecule has 1 rings (SSSR count). The zero-order valence-electron chi connectivity index (χ0n) is 18.8. The summed E-state index contributed by atoms with van der Waals surface area (Å²) in [5.41, 5.74) is -5.53. The van der Waals surface area contributed by atoms with Gasteiger partial charge in [-0.15, -0.1) is 39.5 Å². The number of hydrogen-bond donors (Lipinski definition) is 1. The SMILES string of the molecule is C.CCn1cc[n+](C)c1.O=S(=O)(O)C(F)(F)F.O=[S-](=O)OC(F)(F)F.O=[S-](=O)OC(F)(F)F.O=[S-](=O)OC(F)(F)F.[Sm+3]. The molecule has 0 saturated carbocycles. The van der Waals surface area contributed by atoms with E-state index in [0.29, 0.717) is 0 Å². The van der Waals surface area contributed by atoms with Crippen LogP contribution < -0.4 is 4.57 Å². The van der Waals surface area contributed by atoms with Gasteiger partial charge in [-0.3, -0.25) is 4.55 Å². The van der Waals surface area contributed by atoms with Crippen LogP contribution in [0, 0.1) is 40.4 Å². The van der Waals surface area contributed by atoms with Gasteiger partial charge in [0, 0.05) is 0 Å². The molecule has 1 radical (unpaired) electrons. The molecule has 0 saturated heterocycles. The first-order valence-corrected chi connectivity index (χ1v) is 12.4. The van der Waals surface area contributed by atoms with E-state index >= 15 is 0 Å². The van der Waals surface area contributed by atoms with Crippen molar-refractivity contribution in [3.63, 3.8) is 0 Å². The Labute approximate surface area is 265 Å². The number of aryl methyl sites for hydroxylation is 2. The molecular weight excluding hydrogens is 859 g/mol. The van der Waals surface area contributed by atoms with Gasteiger partial charge < -0.3 is 37.8 Å². The van der Waals surface area contributed by atoms with Crippen LogP contribution in [0.15, 0.2) is 18.7 Å². The van der Waals surface area contributed by atoms with Gasteiger partial charge in [0.1, 0.15) is 12.4 Å². The molecule has 31 heteroatoms. The number of aromatic nitrogens is 2. The Bertz CT molecular complexity index is 1080. The van der Waals surface area contributed by atoms with Crippen LogP contribution in [0.5, 0.6) is 0 Å². The second-order valence-electron chi connectivity index (χ2n) is 5.03. The quantitative estimate of drug-likeness (QED) is 0.152. The van der Waals surface area contributed by atoms with Crippen molar-refractivity contribution < 1.29 is 148 Å². The molecule has 0 aliphatic rings. The summed E-state index contributed by atoms with van der Waals surface area (Å²) >= 11 is 0. The van der Waals surface area contributed by atoms with Crippen LogP contribution in [-0.2, 0) is 94.5 Å². The molecule has 0 aliphatic heterocycles. The van der Waals surface area contributed by atoms with Gasteiger partial charge in [0.25, 0.3) is 0 Å². The normalized spacial score (nSPS) is 11.7.